The first-order valence-corrected chi connectivity index (χ1v) is 24.1. The molecule has 6 amide bonds. The fourth-order valence-electron chi connectivity index (χ4n) is 8.14. The third-order valence-electron chi connectivity index (χ3n) is 11.8. The minimum atomic E-state index is -1.08. The highest BCUT2D eigenvalue weighted by atomic mass is 16.6. The van der Waals surface area contributed by atoms with Crippen LogP contribution in [0.3, 0.4) is 0 Å². The number of fused-ring (bicyclic) bond motifs is 4. The smallest absolute Gasteiger partial charge is 0.409 e. The zero-order chi connectivity index (χ0) is 49.3. The van der Waals surface area contributed by atoms with Gasteiger partial charge in [0.25, 0.3) is 11.8 Å². The first-order valence-electron chi connectivity index (χ1n) is 24.1. The van der Waals surface area contributed by atoms with Crippen LogP contribution in [0.15, 0.2) is 66.7 Å². The lowest BCUT2D eigenvalue weighted by Crippen LogP contribution is -2.54. The van der Waals surface area contributed by atoms with E-state index in [-0.39, 0.29) is 60.6 Å². The van der Waals surface area contributed by atoms with Crippen LogP contribution >= 0.6 is 0 Å². The lowest BCUT2D eigenvalue weighted by Gasteiger charge is -2.27. The van der Waals surface area contributed by atoms with Gasteiger partial charge < -0.3 is 52.8 Å². The number of hydrogen-bond donors (Lipinski definition) is 2. The number of rotatable bonds is 34. The average molecular weight is 975 g/mol. The highest BCUT2D eigenvalue weighted by Gasteiger charge is 2.45. The van der Waals surface area contributed by atoms with Crippen LogP contribution in [-0.4, -0.2) is 177 Å². The minimum Gasteiger partial charge on any atom is -0.448 e. The van der Waals surface area contributed by atoms with E-state index in [9.17, 15) is 28.8 Å². The van der Waals surface area contributed by atoms with E-state index < -0.39 is 29.7 Å². The summed E-state index contributed by atoms with van der Waals surface area (Å²) >= 11 is 0. The first-order chi connectivity index (χ1) is 34.2. The van der Waals surface area contributed by atoms with E-state index >= 15 is 0 Å². The molecule has 0 bridgehead atoms. The standard InChI is InChI=1S/C51H66N4O15/c1-54(51(61)70-36-42-39-12-6-4-10-37(39)38-11-5-7-13-40(38)42)19-21-63-23-25-65-27-29-67-31-33-69-35-34-68-32-30-66-28-26-64-24-22-62-20-8-2-3-16-45(56)52-43-15-9-14-41-47(43)50(60)55(49(41)59)44-17-18-46(57)53-48(44)58/h4-7,9-15,42,44H,2-3,8,16-36H2,1H3,(H,52,56)(H,53,57,58). The predicted octanol–water partition coefficient (Wildman–Crippen LogP) is 4.60. The number of carbonyl (C=O) groups excluding carboxylic acids is 6. The summed E-state index contributed by atoms with van der Waals surface area (Å²) in [7, 11) is 1.70. The fraction of sp³-hybridized carbons (Fsp3) is 0.529. The molecule has 3 aliphatic rings. The van der Waals surface area contributed by atoms with Crippen LogP contribution in [0.2, 0.25) is 0 Å². The van der Waals surface area contributed by atoms with Gasteiger partial charge in [0, 0.05) is 39.0 Å². The number of anilines is 1. The van der Waals surface area contributed by atoms with E-state index in [0.717, 1.165) is 17.7 Å². The van der Waals surface area contributed by atoms with Gasteiger partial charge in [-0.1, -0.05) is 61.0 Å². The molecular weight excluding hydrogens is 909 g/mol. The third kappa shape index (κ3) is 16.2. The molecule has 19 nitrogen and oxygen atoms in total. The maximum atomic E-state index is 13.2. The monoisotopic (exact) mass is 974 g/mol. The summed E-state index contributed by atoms with van der Waals surface area (Å²) in [5.74, 6) is -2.71. The van der Waals surface area contributed by atoms with Crippen LogP contribution in [-0.2, 0) is 57.0 Å². The van der Waals surface area contributed by atoms with Gasteiger partial charge in [0.1, 0.15) is 12.6 Å². The summed E-state index contributed by atoms with van der Waals surface area (Å²) in [5.41, 5.74) is 5.12. The summed E-state index contributed by atoms with van der Waals surface area (Å²) < 4.78 is 50.1. The molecule has 19 heteroatoms. The second kappa shape index (κ2) is 29.5. The average Bonchev–Trinajstić information content (AvgIpc) is 3.82. The van der Waals surface area contributed by atoms with Crippen molar-refractivity contribution in [2.75, 3.05) is 131 Å². The van der Waals surface area contributed by atoms with Crippen molar-refractivity contribution in [1.29, 1.82) is 0 Å². The van der Waals surface area contributed by atoms with Crippen LogP contribution in [0.4, 0.5) is 10.5 Å². The maximum absolute atomic E-state index is 13.2. The van der Waals surface area contributed by atoms with Gasteiger partial charge in [-0.25, -0.2) is 4.79 Å². The van der Waals surface area contributed by atoms with E-state index in [4.69, 9.17) is 42.6 Å². The number of nitrogens with zero attached hydrogens (tertiary/aromatic N) is 2. The van der Waals surface area contributed by atoms with E-state index in [1.807, 2.05) is 24.3 Å². The van der Waals surface area contributed by atoms with Crippen molar-refractivity contribution >= 4 is 41.3 Å². The summed E-state index contributed by atoms with van der Waals surface area (Å²) in [6.07, 6.45) is 2.03. The van der Waals surface area contributed by atoms with Gasteiger partial charge in [-0.05, 0) is 53.6 Å². The SMILES string of the molecule is CN(CCOCCOCCOCCOCCOCCOCCOCCOCCCCCC(=O)Nc1cccc2c1C(=O)N(C1CCC(=O)NC1=O)C2=O)C(=O)OCC1c2ccccc2-c2ccccc21. The molecule has 3 aromatic carbocycles. The second-order valence-corrected chi connectivity index (χ2v) is 16.7. The van der Waals surface area contributed by atoms with Crippen LogP contribution < -0.4 is 10.6 Å². The molecule has 1 saturated heterocycles. The molecule has 1 atom stereocenters. The minimum absolute atomic E-state index is 0.0226. The molecule has 1 fully saturated rings. The molecule has 0 spiro atoms. The molecule has 0 saturated carbocycles. The Kier molecular flexibility index (Phi) is 22.6. The third-order valence-corrected chi connectivity index (χ3v) is 11.8. The number of likely N-dealkylation sites (N-methyl/N-ethyl adjacent to an activating group) is 1. The van der Waals surface area contributed by atoms with Crippen LogP contribution in [0.1, 0.15) is 76.3 Å². The predicted molar refractivity (Wildman–Crippen MR) is 254 cm³/mol. The molecule has 0 radical (unpaired) electrons. The lowest BCUT2D eigenvalue weighted by molar-refractivity contribution is -0.136. The van der Waals surface area contributed by atoms with E-state index in [1.54, 1.807) is 19.2 Å². The second-order valence-electron chi connectivity index (χ2n) is 16.7. The molecule has 2 heterocycles. The largest absolute Gasteiger partial charge is 0.448 e. The lowest BCUT2D eigenvalue weighted by atomic mass is 9.98. The van der Waals surface area contributed by atoms with Crippen molar-refractivity contribution < 1.29 is 71.4 Å². The Morgan fingerprint density at radius 3 is 1.64 bits per heavy atom. The van der Waals surface area contributed by atoms with Gasteiger partial charge in [0.2, 0.25) is 17.7 Å². The Morgan fingerprint density at radius 1 is 0.600 bits per heavy atom. The van der Waals surface area contributed by atoms with Crippen LogP contribution in [0.5, 0.6) is 0 Å². The molecule has 3 aromatic rings. The maximum Gasteiger partial charge on any atom is 0.409 e. The number of hydrogen-bond acceptors (Lipinski definition) is 15. The zero-order valence-electron chi connectivity index (χ0n) is 40.0. The summed E-state index contributed by atoms with van der Waals surface area (Å²) in [4.78, 5) is 77.9. The molecule has 2 aliphatic heterocycles. The number of ether oxygens (including phenoxy) is 9. The molecule has 1 aliphatic carbocycles. The van der Waals surface area contributed by atoms with Gasteiger partial charge in [0.15, 0.2) is 0 Å². The fourth-order valence-corrected chi connectivity index (χ4v) is 8.14. The normalized spacial score (nSPS) is 15.2. The Bertz CT molecular complexity index is 2140. The van der Waals surface area contributed by atoms with Crippen molar-refractivity contribution in [2.24, 2.45) is 0 Å². The number of nitrogens with one attached hydrogen (secondary N) is 2. The Balaban J connectivity index is 0.637. The van der Waals surface area contributed by atoms with Gasteiger partial charge in [-0.2, -0.15) is 0 Å². The summed E-state index contributed by atoms with van der Waals surface area (Å²) in [6, 6.07) is 20.0. The van der Waals surface area contributed by atoms with Crippen molar-refractivity contribution in [3.05, 3.63) is 89.0 Å². The topological polar surface area (TPSA) is 216 Å². The molecule has 380 valence electrons. The number of piperidine rings is 1. The number of carbonyl (C=O) groups is 6. The Hall–Kier alpha value is -5.64. The van der Waals surface area contributed by atoms with Gasteiger partial charge in [-0.3, -0.25) is 34.2 Å². The first kappa shape index (κ1) is 53.7. The highest BCUT2D eigenvalue weighted by Crippen LogP contribution is 2.44. The van der Waals surface area contributed by atoms with Gasteiger partial charge in [-0.15, -0.1) is 0 Å². The van der Waals surface area contributed by atoms with Gasteiger partial charge in [0.05, 0.1) is 116 Å². The number of unbranched alkanes of at least 4 members (excludes halogenated alkanes) is 2. The number of imide groups is 2. The molecule has 2 N–H and O–H groups in total. The molecule has 0 aromatic heterocycles. The Labute approximate surface area is 408 Å². The van der Waals surface area contributed by atoms with Crippen molar-refractivity contribution in [1.82, 2.24) is 15.1 Å². The summed E-state index contributed by atoms with van der Waals surface area (Å²) in [5, 5.41) is 4.91. The quantitative estimate of drug-likeness (QED) is 0.0618. The summed E-state index contributed by atoms with van der Waals surface area (Å²) in [6.45, 7) is 7.74. The molecule has 6 rings (SSSR count). The van der Waals surface area contributed by atoms with E-state index in [2.05, 4.69) is 34.9 Å². The highest BCUT2D eigenvalue weighted by molar-refractivity contribution is 6.26. The Morgan fingerprint density at radius 2 is 1.10 bits per heavy atom. The number of benzene rings is 3. The van der Waals surface area contributed by atoms with Crippen molar-refractivity contribution in [3.63, 3.8) is 0 Å². The number of amides is 6. The molecule has 70 heavy (non-hydrogen) atoms. The molecular formula is C51H66N4O15. The van der Waals surface area contributed by atoms with Crippen molar-refractivity contribution in [2.45, 2.75) is 50.5 Å². The van der Waals surface area contributed by atoms with Crippen LogP contribution in [0.25, 0.3) is 11.1 Å². The van der Waals surface area contributed by atoms with Crippen LogP contribution in [0, 0.1) is 0 Å². The van der Waals surface area contributed by atoms with Gasteiger partial charge >= 0.3 is 6.09 Å². The van der Waals surface area contributed by atoms with E-state index in [1.165, 1.54) is 33.2 Å². The molecule has 1 unspecified atom stereocenters. The van der Waals surface area contributed by atoms with E-state index in [0.29, 0.717) is 119 Å². The van der Waals surface area contributed by atoms with Crippen molar-refractivity contribution in [3.8, 4) is 11.1 Å². The zero-order valence-corrected chi connectivity index (χ0v) is 40.0.